The molecule has 0 aliphatic heterocycles. The summed E-state index contributed by atoms with van der Waals surface area (Å²) in [7, 11) is 3.60. The van der Waals surface area contributed by atoms with Crippen LogP contribution in [0.5, 0.6) is 11.9 Å². The lowest BCUT2D eigenvalue weighted by Gasteiger charge is -2.10. The maximum Gasteiger partial charge on any atom is 0.342 e. The number of hydrogen-bond acceptors (Lipinski definition) is 6. The molecule has 0 fully saturated rings. The van der Waals surface area contributed by atoms with Crippen molar-refractivity contribution in [3.63, 3.8) is 0 Å². The maximum atomic E-state index is 5.58. The fourth-order valence-electron chi connectivity index (χ4n) is 1.49. The van der Waals surface area contributed by atoms with Crippen molar-refractivity contribution in [2.75, 3.05) is 12.4 Å². The van der Waals surface area contributed by atoms with Crippen LogP contribution < -0.4 is 10.1 Å². The van der Waals surface area contributed by atoms with Gasteiger partial charge in [0.05, 0.1) is 5.56 Å². The summed E-state index contributed by atoms with van der Waals surface area (Å²) in [4.78, 5) is 12.7. The zero-order chi connectivity index (χ0) is 13.1. The van der Waals surface area contributed by atoms with Crippen molar-refractivity contribution in [2.45, 2.75) is 20.3 Å². The monoisotopic (exact) mass is 248 g/mol. The van der Waals surface area contributed by atoms with E-state index >= 15 is 0 Å². The van der Waals surface area contributed by atoms with Gasteiger partial charge in [0.1, 0.15) is 18.0 Å². The summed E-state index contributed by atoms with van der Waals surface area (Å²) >= 11 is 0. The molecule has 96 valence electrons. The molecule has 0 spiro atoms. The molecule has 0 unspecified atom stereocenters. The summed E-state index contributed by atoms with van der Waals surface area (Å²) in [6.07, 6.45) is 2.31. The Bertz CT molecular complexity index is 550. The number of ether oxygens (including phenoxy) is 1. The van der Waals surface area contributed by atoms with Crippen molar-refractivity contribution in [3.8, 4) is 11.9 Å². The fraction of sp³-hybridized carbons (Fsp3) is 0.455. The Kier molecular flexibility index (Phi) is 3.40. The van der Waals surface area contributed by atoms with Crippen LogP contribution in [0.4, 0.5) is 5.82 Å². The van der Waals surface area contributed by atoms with Crippen molar-refractivity contribution < 1.29 is 4.74 Å². The highest BCUT2D eigenvalue weighted by Gasteiger charge is 2.13. The Morgan fingerprint density at radius 1 is 1.39 bits per heavy atom. The van der Waals surface area contributed by atoms with E-state index in [4.69, 9.17) is 4.74 Å². The van der Waals surface area contributed by atoms with Crippen molar-refractivity contribution in [1.29, 1.82) is 0 Å². The van der Waals surface area contributed by atoms with Crippen LogP contribution in [0.25, 0.3) is 0 Å². The lowest BCUT2D eigenvalue weighted by Crippen LogP contribution is -2.05. The van der Waals surface area contributed by atoms with E-state index < -0.39 is 0 Å². The number of nitrogens with zero attached hydrogens (tertiary/aromatic N) is 5. The lowest BCUT2D eigenvalue weighted by molar-refractivity contribution is 0.416. The highest BCUT2D eigenvalue weighted by Crippen LogP contribution is 2.24. The van der Waals surface area contributed by atoms with Gasteiger partial charge in [-0.1, -0.05) is 6.92 Å². The van der Waals surface area contributed by atoms with Gasteiger partial charge in [0.25, 0.3) is 0 Å². The quantitative estimate of drug-likeness (QED) is 0.879. The van der Waals surface area contributed by atoms with Gasteiger partial charge in [-0.2, -0.15) is 9.97 Å². The number of aryl methyl sites for hydroxylation is 2. The smallest absolute Gasteiger partial charge is 0.342 e. The van der Waals surface area contributed by atoms with E-state index in [0.717, 1.165) is 23.6 Å². The molecule has 2 rings (SSSR count). The number of hydrogen-bond donors (Lipinski definition) is 1. The minimum absolute atomic E-state index is 0.281. The summed E-state index contributed by atoms with van der Waals surface area (Å²) in [5.41, 5.74) is 0.835. The minimum atomic E-state index is 0.281. The second-order valence-corrected chi connectivity index (χ2v) is 3.83. The number of anilines is 1. The second-order valence-electron chi connectivity index (χ2n) is 3.83. The zero-order valence-corrected chi connectivity index (χ0v) is 10.9. The van der Waals surface area contributed by atoms with Gasteiger partial charge >= 0.3 is 6.01 Å². The Morgan fingerprint density at radius 3 is 2.72 bits per heavy atom. The molecule has 0 aliphatic rings. The van der Waals surface area contributed by atoms with Gasteiger partial charge in [-0.05, 0) is 6.92 Å². The molecule has 1 N–H and O–H groups in total. The standard InChI is InChI=1S/C11H16N6O/c1-5-8-14-9(12-3)7(2)10(15-8)18-11-13-6-17(4)16-11/h6H,5H2,1-4H3,(H,12,14,15). The molecule has 2 aromatic heterocycles. The summed E-state index contributed by atoms with van der Waals surface area (Å²) in [6.45, 7) is 3.89. The summed E-state index contributed by atoms with van der Waals surface area (Å²) in [5, 5.41) is 7.08. The lowest BCUT2D eigenvalue weighted by atomic mass is 10.3. The van der Waals surface area contributed by atoms with Gasteiger partial charge in [-0.15, -0.1) is 5.10 Å². The maximum absolute atomic E-state index is 5.58. The predicted molar refractivity (Wildman–Crippen MR) is 66.8 cm³/mol. The average molecular weight is 248 g/mol. The molecule has 0 aliphatic carbocycles. The molecular formula is C11H16N6O. The van der Waals surface area contributed by atoms with Crippen molar-refractivity contribution >= 4 is 5.82 Å². The Hall–Kier alpha value is -2.18. The van der Waals surface area contributed by atoms with Crippen LogP contribution in [0.3, 0.4) is 0 Å². The van der Waals surface area contributed by atoms with Gasteiger partial charge in [0.2, 0.25) is 5.88 Å². The Balaban J connectivity index is 2.36. The first-order valence-corrected chi connectivity index (χ1v) is 5.72. The molecule has 0 saturated heterocycles. The van der Waals surface area contributed by atoms with Gasteiger partial charge in [0.15, 0.2) is 0 Å². The third-order valence-electron chi connectivity index (χ3n) is 2.47. The van der Waals surface area contributed by atoms with Crippen molar-refractivity contribution in [1.82, 2.24) is 24.7 Å². The molecule has 0 atom stereocenters. The number of rotatable bonds is 4. The molecule has 0 amide bonds. The van der Waals surface area contributed by atoms with Crippen molar-refractivity contribution in [2.24, 2.45) is 7.05 Å². The molecule has 7 nitrogen and oxygen atoms in total. The first-order chi connectivity index (χ1) is 8.63. The Morgan fingerprint density at radius 2 is 2.17 bits per heavy atom. The summed E-state index contributed by atoms with van der Waals surface area (Å²) < 4.78 is 7.16. The van der Waals surface area contributed by atoms with Gasteiger partial charge in [-0.25, -0.2) is 4.98 Å². The molecule has 2 aromatic rings. The summed E-state index contributed by atoms with van der Waals surface area (Å²) in [6, 6.07) is 0.281. The second kappa shape index (κ2) is 4.99. The zero-order valence-electron chi connectivity index (χ0n) is 10.9. The molecule has 18 heavy (non-hydrogen) atoms. The van der Waals surface area contributed by atoms with Crippen molar-refractivity contribution in [3.05, 3.63) is 17.7 Å². The van der Waals surface area contributed by atoms with Gasteiger partial charge in [0, 0.05) is 20.5 Å². The van der Waals surface area contributed by atoms with Crippen LogP contribution >= 0.6 is 0 Å². The fourth-order valence-corrected chi connectivity index (χ4v) is 1.49. The first kappa shape index (κ1) is 12.3. The normalized spacial score (nSPS) is 10.4. The van der Waals surface area contributed by atoms with E-state index in [1.807, 2.05) is 20.9 Å². The largest absolute Gasteiger partial charge is 0.404 e. The van der Waals surface area contributed by atoms with Gasteiger partial charge < -0.3 is 10.1 Å². The SMILES string of the molecule is CCc1nc(NC)c(C)c(Oc2ncn(C)n2)n1. The van der Waals surface area contributed by atoms with Crippen LogP contribution in [0.15, 0.2) is 6.33 Å². The molecule has 0 bridgehead atoms. The molecule has 0 aromatic carbocycles. The molecule has 0 saturated carbocycles. The van der Waals surface area contributed by atoms with Gasteiger partial charge in [-0.3, -0.25) is 4.68 Å². The van der Waals surface area contributed by atoms with E-state index in [-0.39, 0.29) is 6.01 Å². The van der Waals surface area contributed by atoms with Crippen LogP contribution in [0.1, 0.15) is 18.3 Å². The molecule has 2 heterocycles. The number of aromatic nitrogens is 5. The van der Waals surface area contributed by atoms with Crippen LogP contribution in [0.2, 0.25) is 0 Å². The van der Waals surface area contributed by atoms with E-state index in [1.54, 1.807) is 18.1 Å². The van der Waals surface area contributed by atoms with E-state index in [0.29, 0.717) is 5.88 Å². The minimum Gasteiger partial charge on any atom is -0.404 e. The number of nitrogens with one attached hydrogen (secondary N) is 1. The van der Waals surface area contributed by atoms with Crippen LogP contribution in [-0.4, -0.2) is 31.8 Å². The summed E-state index contributed by atoms with van der Waals surface area (Å²) in [5.74, 6) is 1.96. The third kappa shape index (κ3) is 2.39. The van der Waals surface area contributed by atoms with E-state index in [2.05, 4.69) is 25.4 Å². The molecule has 0 radical (unpaired) electrons. The third-order valence-corrected chi connectivity index (χ3v) is 2.47. The molecule has 7 heteroatoms. The van der Waals surface area contributed by atoms with E-state index in [9.17, 15) is 0 Å². The topological polar surface area (TPSA) is 77.8 Å². The molecular weight excluding hydrogens is 232 g/mol. The highest BCUT2D eigenvalue weighted by molar-refractivity contribution is 5.48. The van der Waals surface area contributed by atoms with Crippen LogP contribution in [0, 0.1) is 6.92 Å². The Labute approximate surface area is 105 Å². The van der Waals surface area contributed by atoms with E-state index in [1.165, 1.54) is 0 Å². The highest BCUT2D eigenvalue weighted by atomic mass is 16.5. The average Bonchev–Trinajstić information content (AvgIpc) is 2.77. The van der Waals surface area contributed by atoms with Crippen LogP contribution in [-0.2, 0) is 13.5 Å². The predicted octanol–water partition coefficient (Wildman–Crippen LogP) is 1.31. The first-order valence-electron chi connectivity index (χ1n) is 5.72.